The van der Waals surface area contributed by atoms with Gasteiger partial charge in [-0.3, -0.25) is 4.79 Å². The van der Waals surface area contributed by atoms with Crippen LogP contribution >= 0.6 is 0 Å². The number of carbonyl (C=O) groups excluding carboxylic acids is 2. The normalized spacial score (nSPS) is 10.4. The van der Waals surface area contributed by atoms with Gasteiger partial charge in [0.2, 0.25) is 0 Å². The van der Waals surface area contributed by atoms with Crippen LogP contribution in [0.5, 0.6) is 17.2 Å². The fourth-order valence-electron chi connectivity index (χ4n) is 2.35. The molecule has 144 valence electrons. The summed E-state index contributed by atoms with van der Waals surface area (Å²) in [6, 6.07) is 11.4. The monoisotopic (exact) mass is 372 g/mol. The molecular weight excluding hydrogens is 348 g/mol. The van der Waals surface area contributed by atoms with Gasteiger partial charge in [0.05, 0.1) is 25.4 Å². The Bertz CT molecular complexity index is 780. The maximum Gasteiger partial charge on any atom is 0.338 e. The molecule has 0 saturated heterocycles. The van der Waals surface area contributed by atoms with Crippen LogP contribution in [-0.4, -0.2) is 38.2 Å². The lowest BCUT2D eigenvalue weighted by atomic mass is 10.1. The molecule has 0 aliphatic heterocycles. The van der Waals surface area contributed by atoms with E-state index < -0.39 is 5.97 Å². The molecule has 0 saturated carbocycles. The van der Waals surface area contributed by atoms with Crippen molar-refractivity contribution in [2.24, 2.45) is 0 Å². The molecule has 0 atom stereocenters. The first-order chi connectivity index (χ1) is 12.9. The summed E-state index contributed by atoms with van der Waals surface area (Å²) in [6.45, 7) is 5.88. The number of methoxy groups -OCH3 is 1. The Morgan fingerprint density at radius 2 is 1.63 bits per heavy atom. The standard InChI is InChI=1S/C21H24O6/c1-5-25-17-9-6-15(7-10-17)18(22)13-26-21(23)16-8-11-19(27-14(2)3)20(12-16)24-4/h6-12,14H,5,13H2,1-4H3. The van der Waals surface area contributed by atoms with E-state index in [4.69, 9.17) is 18.9 Å². The third-order valence-electron chi connectivity index (χ3n) is 3.58. The highest BCUT2D eigenvalue weighted by atomic mass is 16.5. The van der Waals surface area contributed by atoms with Crippen molar-refractivity contribution in [1.29, 1.82) is 0 Å². The van der Waals surface area contributed by atoms with Crippen LogP contribution in [0.4, 0.5) is 0 Å². The molecule has 6 heteroatoms. The van der Waals surface area contributed by atoms with E-state index in [0.717, 1.165) is 0 Å². The van der Waals surface area contributed by atoms with Gasteiger partial charge in [0, 0.05) is 5.56 Å². The fourth-order valence-corrected chi connectivity index (χ4v) is 2.35. The molecule has 0 spiro atoms. The molecule has 0 aliphatic carbocycles. The van der Waals surface area contributed by atoms with Crippen molar-refractivity contribution < 1.29 is 28.5 Å². The number of hydrogen-bond donors (Lipinski definition) is 0. The number of hydrogen-bond acceptors (Lipinski definition) is 6. The van der Waals surface area contributed by atoms with Crippen molar-refractivity contribution in [3.63, 3.8) is 0 Å². The number of Topliss-reactive ketones (excluding diaryl/α,β-unsaturated/α-hetero) is 1. The number of ketones is 1. The maximum atomic E-state index is 12.2. The molecule has 0 unspecified atom stereocenters. The summed E-state index contributed by atoms with van der Waals surface area (Å²) in [4.78, 5) is 24.4. The van der Waals surface area contributed by atoms with E-state index in [9.17, 15) is 9.59 Å². The molecule has 6 nitrogen and oxygen atoms in total. The van der Waals surface area contributed by atoms with E-state index >= 15 is 0 Å². The van der Waals surface area contributed by atoms with E-state index in [1.807, 2.05) is 20.8 Å². The van der Waals surface area contributed by atoms with Crippen LogP contribution in [0.15, 0.2) is 42.5 Å². The maximum absolute atomic E-state index is 12.2. The minimum atomic E-state index is -0.608. The second-order valence-corrected chi connectivity index (χ2v) is 5.99. The SMILES string of the molecule is CCOc1ccc(C(=O)COC(=O)c2ccc(OC(C)C)c(OC)c2)cc1. The van der Waals surface area contributed by atoms with Crippen molar-refractivity contribution >= 4 is 11.8 Å². The predicted molar refractivity (Wildman–Crippen MR) is 101 cm³/mol. The first-order valence-corrected chi connectivity index (χ1v) is 8.72. The Balaban J connectivity index is 1.99. The number of carbonyl (C=O) groups is 2. The van der Waals surface area contributed by atoms with Gasteiger partial charge in [0.15, 0.2) is 23.9 Å². The Kier molecular flexibility index (Phi) is 7.23. The summed E-state index contributed by atoms with van der Waals surface area (Å²) >= 11 is 0. The molecule has 2 aromatic carbocycles. The smallest absolute Gasteiger partial charge is 0.338 e. The molecule has 0 N–H and O–H groups in total. The lowest BCUT2D eigenvalue weighted by Crippen LogP contribution is -2.14. The Hall–Kier alpha value is -3.02. The third kappa shape index (κ3) is 5.74. The van der Waals surface area contributed by atoms with Crippen LogP contribution in [0.2, 0.25) is 0 Å². The van der Waals surface area contributed by atoms with Crippen LogP contribution in [-0.2, 0) is 4.74 Å². The van der Waals surface area contributed by atoms with Gasteiger partial charge in [0.25, 0.3) is 0 Å². The average molecular weight is 372 g/mol. The Morgan fingerprint density at radius 3 is 2.22 bits per heavy atom. The second kappa shape index (κ2) is 9.62. The molecule has 0 aromatic heterocycles. The highest BCUT2D eigenvalue weighted by Gasteiger charge is 2.15. The first kappa shape index (κ1) is 20.3. The lowest BCUT2D eigenvalue weighted by molar-refractivity contribution is 0.0474. The third-order valence-corrected chi connectivity index (χ3v) is 3.58. The quantitative estimate of drug-likeness (QED) is 0.491. The number of esters is 1. The molecule has 0 radical (unpaired) electrons. The minimum Gasteiger partial charge on any atom is -0.494 e. The highest BCUT2D eigenvalue weighted by Crippen LogP contribution is 2.29. The van der Waals surface area contributed by atoms with Gasteiger partial charge in [-0.15, -0.1) is 0 Å². The van der Waals surface area contributed by atoms with Gasteiger partial charge in [0.1, 0.15) is 5.75 Å². The van der Waals surface area contributed by atoms with Crippen molar-refractivity contribution in [2.45, 2.75) is 26.9 Å². The fraction of sp³-hybridized carbons (Fsp3) is 0.333. The van der Waals surface area contributed by atoms with Crippen molar-refractivity contribution in [3.05, 3.63) is 53.6 Å². The number of ether oxygens (including phenoxy) is 4. The molecule has 27 heavy (non-hydrogen) atoms. The summed E-state index contributed by atoms with van der Waals surface area (Å²) in [6.07, 6.45) is -0.0246. The Labute approximate surface area is 159 Å². The molecule has 0 bridgehead atoms. The molecule has 0 aliphatic rings. The number of rotatable bonds is 9. The summed E-state index contributed by atoms with van der Waals surface area (Å²) in [5.41, 5.74) is 0.729. The molecule has 2 rings (SSSR count). The average Bonchev–Trinajstić information content (AvgIpc) is 2.66. The summed E-state index contributed by atoms with van der Waals surface area (Å²) in [7, 11) is 1.49. The molecule has 0 fully saturated rings. The second-order valence-electron chi connectivity index (χ2n) is 5.99. The van der Waals surface area contributed by atoms with E-state index in [0.29, 0.717) is 29.4 Å². The van der Waals surface area contributed by atoms with E-state index in [1.165, 1.54) is 13.2 Å². The summed E-state index contributed by atoms with van der Waals surface area (Å²) in [5, 5.41) is 0. The molecular formula is C21H24O6. The molecule has 0 amide bonds. The van der Waals surface area contributed by atoms with E-state index in [-0.39, 0.29) is 24.1 Å². The Morgan fingerprint density at radius 1 is 0.963 bits per heavy atom. The molecule has 0 heterocycles. The van der Waals surface area contributed by atoms with Gasteiger partial charge in [-0.25, -0.2) is 4.79 Å². The topological polar surface area (TPSA) is 71.1 Å². The number of benzene rings is 2. The predicted octanol–water partition coefficient (Wildman–Crippen LogP) is 3.92. The zero-order valence-electron chi connectivity index (χ0n) is 16.0. The van der Waals surface area contributed by atoms with Crippen LogP contribution in [0, 0.1) is 0 Å². The van der Waals surface area contributed by atoms with Gasteiger partial charge in [-0.2, -0.15) is 0 Å². The van der Waals surface area contributed by atoms with Crippen molar-refractivity contribution in [1.82, 2.24) is 0 Å². The van der Waals surface area contributed by atoms with Crippen LogP contribution < -0.4 is 14.2 Å². The van der Waals surface area contributed by atoms with Crippen LogP contribution in [0.25, 0.3) is 0 Å². The summed E-state index contributed by atoms with van der Waals surface area (Å²) in [5.74, 6) is 0.745. The van der Waals surface area contributed by atoms with Gasteiger partial charge >= 0.3 is 5.97 Å². The summed E-state index contributed by atoms with van der Waals surface area (Å²) < 4.78 is 21.3. The minimum absolute atomic E-state index is 0.0246. The zero-order chi connectivity index (χ0) is 19.8. The van der Waals surface area contributed by atoms with Gasteiger partial charge in [-0.05, 0) is 63.2 Å². The van der Waals surface area contributed by atoms with E-state index in [1.54, 1.807) is 36.4 Å². The van der Waals surface area contributed by atoms with E-state index in [2.05, 4.69) is 0 Å². The van der Waals surface area contributed by atoms with Gasteiger partial charge < -0.3 is 18.9 Å². The van der Waals surface area contributed by atoms with Crippen molar-refractivity contribution in [2.75, 3.05) is 20.3 Å². The zero-order valence-corrected chi connectivity index (χ0v) is 16.0. The lowest BCUT2D eigenvalue weighted by Gasteiger charge is -2.14. The van der Waals surface area contributed by atoms with Gasteiger partial charge in [-0.1, -0.05) is 0 Å². The van der Waals surface area contributed by atoms with Crippen LogP contribution in [0.1, 0.15) is 41.5 Å². The molecule has 2 aromatic rings. The van der Waals surface area contributed by atoms with Crippen molar-refractivity contribution in [3.8, 4) is 17.2 Å². The highest BCUT2D eigenvalue weighted by molar-refractivity contribution is 5.99. The van der Waals surface area contributed by atoms with Crippen LogP contribution in [0.3, 0.4) is 0 Å². The first-order valence-electron chi connectivity index (χ1n) is 8.72. The largest absolute Gasteiger partial charge is 0.494 e.